The summed E-state index contributed by atoms with van der Waals surface area (Å²) in [6.07, 6.45) is 3.39. The molecule has 0 bridgehead atoms. The molecule has 17 heavy (non-hydrogen) atoms. The van der Waals surface area contributed by atoms with Crippen molar-refractivity contribution in [3.05, 3.63) is 29.8 Å². The van der Waals surface area contributed by atoms with Crippen molar-refractivity contribution in [1.82, 2.24) is 0 Å². The van der Waals surface area contributed by atoms with E-state index in [0.717, 1.165) is 5.69 Å². The summed E-state index contributed by atoms with van der Waals surface area (Å²) in [5.41, 5.74) is 2.68. The predicted octanol–water partition coefficient (Wildman–Crippen LogP) is 3.24. The highest BCUT2D eigenvalue weighted by Gasteiger charge is 2.13. The monoisotopic (exact) mass is 251 g/mol. The molecule has 4 heteroatoms. The number of nitrogens with zero attached hydrogens (tertiary/aromatic N) is 3. The molecule has 1 aromatic carbocycles. The maximum Gasteiger partial charge on any atom is 0.117 e. The lowest BCUT2D eigenvalue weighted by Crippen LogP contribution is -2.23. The third kappa shape index (κ3) is 3.30. The van der Waals surface area contributed by atoms with Gasteiger partial charge in [0.05, 0.1) is 6.34 Å². The molecule has 2 rings (SSSR count). The molecule has 3 nitrogen and oxygen atoms in total. The van der Waals surface area contributed by atoms with Gasteiger partial charge in [0.25, 0.3) is 0 Å². The molecule has 0 spiro atoms. The molecule has 92 valence electrons. The Kier molecular flexibility index (Phi) is 4.29. The second-order valence-corrected chi connectivity index (χ2v) is 4.97. The van der Waals surface area contributed by atoms with Crippen molar-refractivity contribution in [3.63, 3.8) is 0 Å². The minimum Gasteiger partial charge on any atom is -0.312 e. The summed E-state index contributed by atoms with van der Waals surface area (Å²) in [4.78, 5) is 10.1. The van der Waals surface area contributed by atoms with E-state index in [9.17, 15) is 0 Å². The summed E-state index contributed by atoms with van der Waals surface area (Å²) in [5, 5.41) is 0. The zero-order valence-corrected chi connectivity index (χ0v) is 11.2. The molecule has 0 unspecified atom stereocenters. The lowest BCUT2D eigenvalue weighted by atomic mass is 9.87. The van der Waals surface area contributed by atoms with Crippen molar-refractivity contribution >= 4 is 30.8 Å². The van der Waals surface area contributed by atoms with E-state index in [0.29, 0.717) is 6.67 Å². The average Bonchev–Trinajstić information content (AvgIpc) is 2.29. The first kappa shape index (κ1) is 13.7. The molecule has 0 N–H and O–H groups in total. The quantitative estimate of drug-likeness (QED) is 0.753. The highest BCUT2D eigenvalue weighted by molar-refractivity contribution is 5.86. The van der Waals surface area contributed by atoms with Crippen LogP contribution < -0.4 is 4.90 Å². The van der Waals surface area contributed by atoms with E-state index in [1.807, 2.05) is 4.90 Å². The van der Waals surface area contributed by atoms with Gasteiger partial charge in [0, 0.05) is 5.69 Å². The third-order valence-electron chi connectivity index (χ3n) is 2.65. The molecule has 0 aromatic heterocycles. The Morgan fingerprint density at radius 3 is 2.24 bits per heavy atom. The van der Waals surface area contributed by atoms with Gasteiger partial charge in [-0.25, -0.2) is 4.99 Å². The van der Waals surface area contributed by atoms with Crippen LogP contribution in [0.3, 0.4) is 0 Å². The number of hydrogen-bond acceptors (Lipinski definition) is 3. The summed E-state index contributed by atoms with van der Waals surface area (Å²) in [6, 6.07) is 8.57. The standard InChI is InChI=1S/C13H17N3.ClH/c1-13(2,3)11-4-6-12(7-5-11)16-9-14-8-15-10-16;/h4-9H,10H2,1-3H3;1H. The van der Waals surface area contributed by atoms with Crippen LogP contribution in [-0.4, -0.2) is 19.3 Å². The maximum atomic E-state index is 4.11. The zero-order valence-electron chi connectivity index (χ0n) is 10.4. The van der Waals surface area contributed by atoms with Crippen molar-refractivity contribution in [3.8, 4) is 0 Å². The van der Waals surface area contributed by atoms with Crippen LogP contribution in [0.2, 0.25) is 0 Å². The summed E-state index contributed by atoms with van der Waals surface area (Å²) >= 11 is 0. The number of rotatable bonds is 1. The normalized spacial score (nSPS) is 14.6. The molecule has 0 aliphatic carbocycles. The van der Waals surface area contributed by atoms with E-state index in [1.165, 1.54) is 5.56 Å². The van der Waals surface area contributed by atoms with E-state index in [1.54, 1.807) is 12.7 Å². The second kappa shape index (κ2) is 5.32. The first-order valence-electron chi connectivity index (χ1n) is 5.46. The molecule has 0 radical (unpaired) electrons. The number of aliphatic imine (C=N–C) groups is 2. The molecule has 1 aliphatic rings. The van der Waals surface area contributed by atoms with Crippen LogP contribution in [0, 0.1) is 0 Å². The van der Waals surface area contributed by atoms with Gasteiger partial charge in [-0.05, 0) is 23.1 Å². The SMILES string of the molecule is CC(C)(C)c1ccc(N2C=NC=NC2)cc1.Cl. The van der Waals surface area contributed by atoms with Crippen LogP contribution in [-0.2, 0) is 5.41 Å². The van der Waals surface area contributed by atoms with E-state index in [-0.39, 0.29) is 17.8 Å². The number of hydrogen-bond donors (Lipinski definition) is 0. The van der Waals surface area contributed by atoms with Gasteiger partial charge in [0.2, 0.25) is 0 Å². The van der Waals surface area contributed by atoms with Gasteiger partial charge < -0.3 is 4.90 Å². The van der Waals surface area contributed by atoms with Crippen LogP contribution in [0.4, 0.5) is 5.69 Å². The Morgan fingerprint density at radius 2 is 1.76 bits per heavy atom. The van der Waals surface area contributed by atoms with Crippen molar-refractivity contribution in [2.75, 3.05) is 11.6 Å². The molecular weight excluding hydrogens is 234 g/mol. The number of benzene rings is 1. The highest BCUT2D eigenvalue weighted by atomic mass is 35.5. The van der Waals surface area contributed by atoms with Crippen molar-refractivity contribution < 1.29 is 0 Å². The largest absolute Gasteiger partial charge is 0.312 e. The van der Waals surface area contributed by atoms with Gasteiger partial charge >= 0.3 is 0 Å². The summed E-state index contributed by atoms with van der Waals surface area (Å²) in [6.45, 7) is 7.30. The second-order valence-electron chi connectivity index (χ2n) is 4.97. The highest BCUT2D eigenvalue weighted by Crippen LogP contribution is 2.24. The number of halogens is 1. The first-order valence-corrected chi connectivity index (χ1v) is 5.46. The molecule has 0 saturated carbocycles. The predicted molar refractivity (Wildman–Crippen MR) is 76.7 cm³/mol. The molecular formula is C13H18ClN3. The van der Waals surface area contributed by atoms with E-state index < -0.39 is 0 Å². The van der Waals surface area contributed by atoms with Gasteiger partial charge in [0.15, 0.2) is 0 Å². The topological polar surface area (TPSA) is 28.0 Å². The fourth-order valence-corrected chi connectivity index (χ4v) is 1.62. The smallest absolute Gasteiger partial charge is 0.117 e. The Hall–Kier alpha value is -1.35. The van der Waals surface area contributed by atoms with Gasteiger partial charge in [-0.1, -0.05) is 32.9 Å². The molecule has 1 aromatic rings. The molecule has 1 heterocycles. The molecule has 1 aliphatic heterocycles. The lowest BCUT2D eigenvalue weighted by molar-refractivity contribution is 0.590. The molecule has 0 saturated heterocycles. The molecule has 0 atom stereocenters. The fourth-order valence-electron chi connectivity index (χ4n) is 1.62. The fraction of sp³-hybridized carbons (Fsp3) is 0.385. The Balaban J connectivity index is 0.00000144. The minimum absolute atomic E-state index is 0. The van der Waals surface area contributed by atoms with Gasteiger partial charge in [0.1, 0.15) is 13.0 Å². The van der Waals surface area contributed by atoms with Crippen LogP contribution in [0.1, 0.15) is 26.3 Å². The zero-order chi connectivity index (χ0) is 11.6. The molecule has 0 amide bonds. The Morgan fingerprint density at radius 1 is 1.12 bits per heavy atom. The minimum atomic E-state index is 0. The van der Waals surface area contributed by atoms with Gasteiger partial charge in [-0.3, -0.25) is 4.99 Å². The van der Waals surface area contributed by atoms with Gasteiger partial charge in [-0.2, -0.15) is 0 Å². The number of anilines is 1. The average molecular weight is 252 g/mol. The van der Waals surface area contributed by atoms with Crippen LogP contribution >= 0.6 is 12.4 Å². The van der Waals surface area contributed by atoms with Gasteiger partial charge in [-0.15, -0.1) is 12.4 Å². The van der Waals surface area contributed by atoms with Crippen LogP contribution in [0.5, 0.6) is 0 Å². The first-order chi connectivity index (χ1) is 7.57. The van der Waals surface area contributed by atoms with Crippen molar-refractivity contribution in [2.24, 2.45) is 9.98 Å². The summed E-state index contributed by atoms with van der Waals surface area (Å²) < 4.78 is 0. The van der Waals surface area contributed by atoms with Crippen molar-refractivity contribution in [2.45, 2.75) is 26.2 Å². The van der Waals surface area contributed by atoms with E-state index in [2.05, 4.69) is 55.0 Å². The third-order valence-corrected chi connectivity index (χ3v) is 2.65. The van der Waals surface area contributed by atoms with Crippen LogP contribution in [0.25, 0.3) is 0 Å². The van der Waals surface area contributed by atoms with E-state index in [4.69, 9.17) is 0 Å². The Bertz CT molecular complexity index is 415. The van der Waals surface area contributed by atoms with E-state index >= 15 is 0 Å². The maximum absolute atomic E-state index is 4.11. The van der Waals surface area contributed by atoms with Crippen LogP contribution in [0.15, 0.2) is 34.3 Å². The lowest BCUT2D eigenvalue weighted by Gasteiger charge is -2.22. The van der Waals surface area contributed by atoms with Crippen molar-refractivity contribution in [1.29, 1.82) is 0 Å². The summed E-state index contributed by atoms with van der Waals surface area (Å²) in [7, 11) is 0. The Labute approximate surface area is 109 Å². The summed E-state index contributed by atoms with van der Waals surface area (Å²) in [5.74, 6) is 0. The molecule has 0 fully saturated rings.